The van der Waals surface area contributed by atoms with E-state index in [1.807, 2.05) is 60.8 Å². The van der Waals surface area contributed by atoms with Crippen LogP contribution in [0, 0.1) is 11.8 Å². The Balaban J connectivity index is 1.22. The molecule has 0 unspecified atom stereocenters. The number of benzene rings is 2. The Morgan fingerprint density at radius 3 is 2.30 bits per heavy atom. The summed E-state index contributed by atoms with van der Waals surface area (Å²) in [5.41, 5.74) is 10.3. The second-order valence-electron chi connectivity index (χ2n) is 10.3. The molecule has 0 bridgehead atoms. The molecule has 2 aromatic carbocycles. The maximum atomic E-state index is 13.4. The molecule has 10 nitrogen and oxygen atoms in total. The van der Waals surface area contributed by atoms with Crippen LogP contribution in [0.15, 0.2) is 73.3 Å². The molecule has 0 saturated carbocycles. The van der Waals surface area contributed by atoms with Gasteiger partial charge in [0.2, 0.25) is 17.7 Å². The number of rotatable bonds is 11. The zero-order valence-corrected chi connectivity index (χ0v) is 22.3. The fourth-order valence-electron chi connectivity index (χ4n) is 5.37. The lowest BCUT2D eigenvalue weighted by molar-refractivity contribution is -0.132. The van der Waals surface area contributed by atoms with E-state index in [-0.39, 0.29) is 30.8 Å². The van der Waals surface area contributed by atoms with Crippen molar-refractivity contribution >= 4 is 28.6 Å². The molecule has 10 heteroatoms. The number of para-hydroxylation sites is 1. The molecule has 1 fully saturated rings. The zero-order chi connectivity index (χ0) is 27.9. The van der Waals surface area contributed by atoms with Crippen LogP contribution in [0.25, 0.3) is 10.9 Å². The number of H-pyrrole nitrogens is 2. The first kappa shape index (κ1) is 27.1. The SMILES string of the molecule is N[C@@H](Cc1ccccc1)C(=O)N1C[C@@H](C(=O)NCCc2cnc[nH]2)[C@H](C(=O)NCCc2c[nH]c3ccccc23)C1. The third kappa shape index (κ3) is 6.40. The monoisotopic (exact) mass is 541 g/mol. The highest BCUT2D eigenvalue weighted by Gasteiger charge is 2.44. The maximum Gasteiger partial charge on any atom is 0.239 e. The van der Waals surface area contributed by atoms with Crippen LogP contribution in [0.3, 0.4) is 0 Å². The Morgan fingerprint density at radius 2 is 1.60 bits per heavy atom. The molecule has 0 aliphatic carbocycles. The summed E-state index contributed by atoms with van der Waals surface area (Å²) in [6.45, 7) is 1.12. The van der Waals surface area contributed by atoms with E-state index in [2.05, 4.69) is 25.6 Å². The molecule has 40 heavy (non-hydrogen) atoms. The minimum absolute atomic E-state index is 0.151. The number of hydrogen-bond donors (Lipinski definition) is 5. The van der Waals surface area contributed by atoms with Gasteiger partial charge in [-0.1, -0.05) is 48.5 Å². The van der Waals surface area contributed by atoms with E-state index in [1.165, 1.54) is 0 Å². The molecule has 3 atom stereocenters. The first-order chi connectivity index (χ1) is 19.5. The Bertz CT molecular complexity index is 1430. The molecule has 3 heterocycles. The number of nitrogens with zero attached hydrogens (tertiary/aromatic N) is 2. The number of carbonyl (C=O) groups is 3. The van der Waals surface area contributed by atoms with E-state index in [4.69, 9.17) is 5.73 Å². The Hall–Kier alpha value is -4.44. The normalized spacial score (nSPS) is 17.6. The quantitative estimate of drug-likeness (QED) is 0.195. The summed E-state index contributed by atoms with van der Waals surface area (Å²) in [5, 5.41) is 7.06. The number of hydrogen-bond acceptors (Lipinski definition) is 5. The molecule has 4 aromatic rings. The smallest absolute Gasteiger partial charge is 0.239 e. The maximum absolute atomic E-state index is 13.4. The molecule has 0 radical (unpaired) electrons. The van der Waals surface area contributed by atoms with E-state index in [1.54, 1.807) is 17.4 Å². The van der Waals surface area contributed by atoms with Gasteiger partial charge in [-0.25, -0.2) is 4.98 Å². The van der Waals surface area contributed by atoms with Crippen molar-refractivity contribution in [3.63, 3.8) is 0 Å². The second-order valence-corrected chi connectivity index (χ2v) is 10.3. The predicted molar refractivity (Wildman–Crippen MR) is 152 cm³/mol. The van der Waals surface area contributed by atoms with Gasteiger partial charge in [0.05, 0.1) is 24.2 Å². The molecule has 1 aliphatic rings. The van der Waals surface area contributed by atoms with Crippen LogP contribution in [0.2, 0.25) is 0 Å². The summed E-state index contributed by atoms with van der Waals surface area (Å²) >= 11 is 0. The number of nitrogens with one attached hydrogen (secondary N) is 4. The van der Waals surface area contributed by atoms with Gasteiger partial charge in [0.1, 0.15) is 0 Å². The number of carbonyl (C=O) groups excluding carboxylic acids is 3. The van der Waals surface area contributed by atoms with Crippen molar-refractivity contribution in [1.82, 2.24) is 30.5 Å². The number of likely N-dealkylation sites (tertiary alicyclic amines) is 1. The minimum Gasteiger partial charge on any atom is -0.361 e. The summed E-state index contributed by atoms with van der Waals surface area (Å²) in [6, 6.07) is 16.8. The van der Waals surface area contributed by atoms with E-state index in [0.717, 1.165) is 27.7 Å². The van der Waals surface area contributed by atoms with Crippen LogP contribution in [0.5, 0.6) is 0 Å². The van der Waals surface area contributed by atoms with Crippen LogP contribution in [0.4, 0.5) is 0 Å². The van der Waals surface area contributed by atoms with E-state index >= 15 is 0 Å². The van der Waals surface area contributed by atoms with Crippen molar-refractivity contribution in [2.45, 2.75) is 25.3 Å². The zero-order valence-electron chi connectivity index (χ0n) is 22.3. The molecular weight excluding hydrogens is 506 g/mol. The average molecular weight is 542 g/mol. The highest BCUT2D eigenvalue weighted by molar-refractivity contribution is 5.91. The van der Waals surface area contributed by atoms with Gasteiger partial charge in [0, 0.05) is 61.6 Å². The Kier molecular flexibility index (Phi) is 8.56. The summed E-state index contributed by atoms with van der Waals surface area (Å²) in [7, 11) is 0. The molecular formula is C30H35N7O3. The number of fused-ring (bicyclic) bond motifs is 1. The van der Waals surface area contributed by atoms with Gasteiger partial charge in [0.25, 0.3) is 0 Å². The van der Waals surface area contributed by atoms with Gasteiger partial charge in [-0.05, 0) is 30.0 Å². The largest absolute Gasteiger partial charge is 0.361 e. The lowest BCUT2D eigenvalue weighted by Gasteiger charge is -2.21. The molecule has 2 aromatic heterocycles. The lowest BCUT2D eigenvalue weighted by atomic mass is 9.94. The molecule has 1 aliphatic heterocycles. The molecule has 6 N–H and O–H groups in total. The first-order valence-corrected chi connectivity index (χ1v) is 13.7. The van der Waals surface area contributed by atoms with Crippen molar-refractivity contribution in [3.05, 3.63) is 90.1 Å². The van der Waals surface area contributed by atoms with E-state index in [0.29, 0.717) is 32.4 Å². The van der Waals surface area contributed by atoms with Gasteiger partial charge in [0.15, 0.2) is 0 Å². The highest BCUT2D eigenvalue weighted by Crippen LogP contribution is 2.25. The Labute approximate surface area is 232 Å². The van der Waals surface area contributed by atoms with Gasteiger partial charge >= 0.3 is 0 Å². The topological polar surface area (TPSA) is 149 Å². The fraction of sp³-hybridized carbons (Fsp3) is 0.333. The van der Waals surface area contributed by atoms with E-state index < -0.39 is 17.9 Å². The summed E-state index contributed by atoms with van der Waals surface area (Å²) in [5.74, 6) is -2.07. The van der Waals surface area contributed by atoms with Crippen LogP contribution in [-0.4, -0.2) is 69.8 Å². The summed E-state index contributed by atoms with van der Waals surface area (Å²) in [6.07, 6.45) is 6.88. The standard InChI is InChI=1S/C30H35N7O3/c31-26(14-20-6-2-1-3-7-20)30(40)37-17-24(25(18-37)29(39)34-13-11-22-16-32-19-36-22)28(38)33-12-10-21-15-35-27-9-5-4-8-23(21)27/h1-9,15-16,19,24-26,35H,10-14,17-18,31H2,(H,32,36)(H,33,38)(H,34,39)/t24-,25-,26+/m1/s1. The van der Waals surface area contributed by atoms with Crippen molar-refractivity contribution < 1.29 is 14.4 Å². The Morgan fingerprint density at radius 1 is 0.925 bits per heavy atom. The van der Waals surface area contributed by atoms with Gasteiger partial charge in [-0.15, -0.1) is 0 Å². The molecule has 0 spiro atoms. The minimum atomic E-state index is -0.754. The summed E-state index contributed by atoms with van der Waals surface area (Å²) < 4.78 is 0. The number of amides is 3. The van der Waals surface area contributed by atoms with Crippen LogP contribution >= 0.6 is 0 Å². The molecule has 1 saturated heterocycles. The van der Waals surface area contributed by atoms with E-state index in [9.17, 15) is 14.4 Å². The first-order valence-electron chi connectivity index (χ1n) is 13.7. The third-order valence-electron chi connectivity index (χ3n) is 7.54. The van der Waals surface area contributed by atoms with Crippen LogP contribution in [-0.2, 0) is 33.6 Å². The van der Waals surface area contributed by atoms with Crippen LogP contribution < -0.4 is 16.4 Å². The van der Waals surface area contributed by atoms with Crippen molar-refractivity contribution in [3.8, 4) is 0 Å². The number of aromatic nitrogens is 3. The van der Waals surface area contributed by atoms with Crippen molar-refractivity contribution in [2.24, 2.45) is 17.6 Å². The highest BCUT2D eigenvalue weighted by atomic mass is 16.2. The molecule has 5 rings (SSSR count). The predicted octanol–water partition coefficient (Wildman–Crippen LogP) is 1.55. The third-order valence-corrected chi connectivity index (χ3v) is 7.54. The number of imidazole rings is 1. The summed E-state index contributed by atoms with van der Waals surface area (Å²) in [4.78, 5) is 51.7. The average Bonchev–Trinajstić information content (AvgIpc) is 3.74. The van der Waals surface area contributed by atoms with Crippen molar-refractivity contribution in [1.29, 1.82) is 0 Å². The number of nitrogens with two attached hydrogens (primary N) is 1. The molecule has 3 amide bonds. The lowest BCUT2D eigenvalue weighted by Crippen LogP contribution is -2.44. The fourth-order valence-corrected chi connectivity index (χ4v) is 5.37. The second kappa shape index (κ2) is 12.6. The number of aromatic amines is 2. The molecule has 208 valence electrons. The van der Waals surface area contributed by atoms with Gasteiger partial charge < -0.3 is 31.2 Å². The van der Waals surface area contributed by atoms with Gasteiger partial charge in [-0.3, -0.25) is 14.4 Å². The van der Waals surface area contributed by atoms with Crippen molar-refractivity contribution in [2.75, 3.05) is 26.2 Å². The van der Waals surface area contributed by atoms with Gasteiger partial charge in [-0.2, -0.15) is 0 Å². The van der Waals surface area contributed by atoms with Crippen LogP contribution in [0.1, 0.15) is 16.8 Å².